The Morgan fingerprint density at radius 1 is 1.04 bits per heavy atom. The van der Waals surface area contributed by atoms with Crippen molar-refractivity contribution in [2.24, 2.45) is 0 Å². The molecule has 3 heterocycles. The lowest BCUT2D eigenvalue weighted by atomic mass is 9.99. The first-order valence-corrected chi connectivity index (χ1v) is 8.85. The van der Waals surface area contributed by atoms with Gasteiger partial charge in [0, 0.05) is 31.1 Å². The highest BCUT2D eigenvalue weighted by atomic mass is 16.5. The molecule has 5 nitrogen and oxygen atoms in total. The molecule has 2 unspecified atom stereocenters. The van der Waals surface area contributed by atoms with E-state index in [2.05, 4.69) is 4.98 Å². The van der Waals surface area contributed by atoms with Gasteiger partial charge in [-0.1, -0.05) is 18.2 Å². The van der Waals surface area contributed by atoms with Crippen LogP contribution in [-0.4, -0.2) is 40.6 Å². The average Bonchev–Trinajstić information content (AvgIpc) is 2.92. The summed E-state index contributed by atoms with van der Waals surface area (Å²) in [6.07, 6.45) is 7.39. The molecule has 0 N–H and O–H groups in total. The van der Waals surface area contributed by atoms with Crippen LogP contribution in [0.1, 0.15) is 25.7 Å². The van der Waals surface area contributed by atoms with Crippen LogP contribution in [0.3, 0.4) is 0 Å². The van der Waals surface area contributed by atoms with Gasteiger partial charge in [0.1, 0.15) is 17.6 Å². The van der Waals surface area contributed by atoms with Crippen LogP contribution >= 0.6 is 0 Å². The molecular formula is C20H22N2O3. The summed E-state index contributed by atoms with van der Waals surface area (Å²) in [5, 5.41) is 0. The Balaban J connectivity index is 1.34. The molecule has 1 aromatic carbocycles. The highest BCUT2D eigenvalue weighted by Crippen LogP contribution is 2.37. The maximum absolute atomic E-state index is 12.6. The summed E-state index contributed by atoms with van der Waals surface area (Å²) in [4.78, 5) is 18.7. The van der Waals surface area contributed by atoms with Gasteiger partial charge in [0.25, 0.3) is 5.91 Å². The maximum atomic E-state index is 12.6. The van der Waals surface area contributed by atoms with Crippen LogP contribution in [0.5, 0.6) is 11.5 Å². The van der Waals surface area contributed by atoms with Crippen molar-refractivity contribution in [3.05, 3.63) is 54.9 Å². The fourth-order valence-electron chi connectivity index (χ4n) is 3.97. The van der Waals surface area contributed by atoms with Crippen molar-refractivity contribution in [2.75, 3.05) is 6.61 Å². The molecule has 0 saturated carbocycles. The first-order chi connectivity index (χ1) is 12.3. The molecular weight excluding hydrogens is 316 g/mol. The number of rotatable bonds is 5. The molecule has 0 spiro atoms. The molecule has 0 radical (unpaired) electrons. The van der Waals surface area contributed by atoms with E-state index in [1.54, 1.807) is 18.5 Å². The zero-order valence-corrected chi connectivity index (χ0v) is 14.1. The largest absolute Gasteiger partial charge is 0.490 e. The number of piperidine rings is 1. The summed E-state index contributed by atoms with van der Waals surface area (Å²) in [5.74, 6) is 1.60. The summed E-state index contributed by atoms with van der Waals surface area (Å²) in [6.45, 7) is 0.0723. The van der Waals surface area contributed by atoms with Crippen LogP contribution in [0.25, 0.3) is 0 Å². The number of para-hydroxylation sites is 1. The zero-order chi connectivity index (χ0) is 17.1. The van der Waals surface area contributed by atoms with E-state index in [1.165, 1.54) is 0 Å². The lowest BCUT2D eigenvalue weighted by molar-refractivity contribution is -0.139. The third-order valence-electron chi connectivity index (χ3n) is 5.02. The van der Waals surface area contributed by atoms with Gasteiger partial charge in [-0.25, -0.2) is 0 Å². The molecule has 4 rings (SSSR count). The Labute approximate surface area is 147 Å². The number of fused-ring (bicyclic) bond motifs is 2. The highest BCUT2D eigenvalue weighted by Gasteiger charge is 2.44. The van der Waals surface area contributed by atoms with Crippen LogP contribution < -0.4 is 9.47 Å². The van der Waals surface area contributed by atoms with Crippen molar-refractivity contribution < 1.29 is 14.3 Å². The number of nitrogens with zero attached hydrogens (tertiary/aromatic N) is 2. The topological polar surface area (TPSA) is 51.7 Å². The molecule has 2 atom stereocenters. The van der Waals surface area contributed by atoms with Crippen molar-refractivity contribution in [1.29, 1.82) is 0 Å². The van der Waals surface area contributed by atoms with E-state index in [0.29, 0.717) is 5.75 Å². The molecule has 130 valence electrons. The van der Waals surface area contributed by atoms with Gasteiger partial charge in [-0.3, -0.25) is 9.78 Å². The highest BCUT2D eigenvalue weighted by molar-refractivity contribution is 5.79. The second-order valence-electron chi connectivity index (χ2n) is 6.69. The van der Waals surface area contributed by atoms with Gasteiger partial charge >= 0.3 is 0 Å². The summed E-state index contributed by atoms with van der Waals surface area (Å²) in [5.41, 5.74) is 0. The maximum Gasteiger partial charge on any atom is 0.261 e. The quantitative estimate of drug-likeness (QED) is 0.841. The average molecular weight is 338 g/mol. The minimum absolute atomic E-state index is 0.0644. The van der Waals surface area contributed by atoms with Crippen LogP contribution in [0.15, 0.2) is 54.9 Å². The van der Waals surface area contributed by atoms with Gasteiger partial charge in [0.2, 0.25) is 0 Å². The second-order valence-corrected chi connectivity index (χ2v) is 6.69. The Morgan fingerprint density at radius 2 is 1.76 bits per heavy atom. The van der Waals surface area contributed by atoms with Gasteiger partial charge in [-0.15, -0.1) is 0 Å². The molecule has 0 aliphatic carbocycles. The van der Waals surface area contributed by atoms with Crippen molar-refractivity contribution in [1.82, 2.24) is 9.88 Å². The van der Waals surface area contributed by atoms with Crippen molar-refractivity contribution in [2.45, 2.75) is 43.9 Å². The number of hydrogen-bond acceptors (Lipinski definition) is 4. The lowest BCUT2D eigenvalue weighted by Gasteiger charge is -2.38. The fourth-order valence-corrected chi connectivity index (χ4v) is 3.97. The first-order valence-electron chi connectivity index (χ1n) is 8.85. The van der Waals surface area contributed by atoms with E-state index in [4.69, 9.17) is 9.47 Å². The minimum Gasteiger partial charge on any atom is -0.490 e. The monoisotopic (exact) mass is 338 g/mol. The van der Waals surface area contributed by atoms with E-state index in [-0.39, 0.29) is 30.7 Å². The van der Waals surface area contributed by atoms with Crippen LogP contribution in [0.4, 0.5) is 0 Å². The second kappa shape index (κ2) is 7.13. The van der Waals surface area contributed by atoms with Crippen molar-refractivity contribution >= 4 is 5.91 Å². The normalized spacial score (nSPS) is 24.8. The summed E-state index contributed by atoms with van der Waals surface area (Å²) in [7, 11) is 0. The molecule has 1 aromatic heterocycles. The lowest BCUT2D eigenvalue weighted by Crippen LogP contribution is -2.50. The Kier molecular flexibility index (Phi) is 4.55. The van der Waals surface area contributed by atoms with Gasteiger partial charge in [0.05, 0.1) is 6.20 Å². The number of amides is 1. The SMILES string of the molecule is O=C(COc1cccnc1)N1C2CCC1CC(Oc1ccccc1)C2. The molecule has 5 heteroatoms. The summed E-state index contributed by atoms with van der Waals surface area (Å²) in [6, 6.07) is 14.1. The van der Waals surface area contributed by atoms with Gasteiger partial charge in [-0.2, -0.15) is 0 Å². The van der Waals surface area contributed by atoms with E-state index in [1.807, 2.05) is 41.3 Å². The molecule has 2 bridgehead atoms. The molecule has 2 aliphatic rings. The Morgan fingerprint density at radius 3 is 2.44 bits per heavy atom. The minimum atomic E-state index is 0.0644. The third kappa shape index (κ3) is 3.60. The van der Waals surface area contributed by atoms with Gasteiger partial charge in [0.15, 0.2) is 6.61 Å². The van der Waals surface area contributed by atoms with E-state index >= 15 is 0 Å². The number of hydrogen-bond donors (Lipinski definition) is 0. The molecule has 2 saturated heterocycles. The number of pyridine rings is 1. The summed E-state index contributed by atoms with van der Waals surface area (Å²) >= 11 is 0. The number of carbonyl (C=O) groups excluding carboxylic acids is 1. The van der Waals surface area contributed by atoms with Crippen LogP contribution in [-0.2, 0) is 4.79 Å². The number of benzene rings is 1. The smallest absolute Gasteiger partial charge is 0.261 e. The van der Waals surface area contributed by atoms with E-state index in [9.17, 15) is 4.79 Å². The predicted molar refractivity (Wildman–Crippen MR) is 93.5 cm³/mol. The predicted octanol–water partition coefficient (Wildman–Crippen LogP) is 3.06. The van der Waals surface area contributed by atoms with Crippen LogP contribution in [0.2, 0.25) is 0 Å². The van der Waals surface area contributed by atoms with E-state index < -0.39 is 0 Å². The Bertz CT molecular complexity index is 693. The molecule has 2 aromatic rings. The molecule has 2 aliphatic heterocycles. The fraction of sp³-hybridized carbons (Fsp3) is 0.400. The number of ether oxygens (including phenoxy) is 2. The number of carbonyl (C=O) groups is 1. The summed E-state index contributed by atoms with van der Waals surface area (Å²) < 4.78 is 11.7. The van der Waals surface area contributed by atoms with Crippen molar-refractivity contribution in [3.63, 3.8) is 0 Å². The molecule has 2 fully saturated rings. The standard InChI is InChI=1S/C20H22N2O3/c23-20(14-24-18-7-4-10-21-13-18)22-15-8-9-16(22)12-19(11-15)25-17-5-2-1-3-6-17/h1-7,10,13,15-16,19H,8-9,11-12,14H2. The van der Waals surface area contributed by atoms with E-state index in [0.717, 1.165) is 31.4 Å². The van der Waals surface area contributed by atoms with Gasteiger partial charge < -0.3 is 14.4 Å². The number of aromatic nitrogens is 1. The molecule has 25 heavy (non-hydrogen) atoms. The Hall–Kier alpha value is -2.56. The first kappa shape index (κ1) is 15.9. The zero-order valence-electron chi connectivity index (χ0n) is 14.1. The molecule has 1 amide bonds. The van der Waals surface area contributed by atoms with Gasteiger partial charge in [-0.05, 0) is 37.1 Å². The van der Waals surface area contributed by atoms with Crippen molar-refractivity contribution in [3.8, 4) is 11.5 Å². The van der Waals surface area contributed by atoms with Crippen LogP contribution in [0, 0.1) is 0 Å². The third-order valence-corrected chi connectivity index (χ3v) is 5.02.